The number of carbonyl (C=O) groups excluding carboxylic acids is 4. The third kappa shape index (κ3) is 5.72. The van der Waals surface area contributed by atoms with E-state index in [1.54, 1.807) is 27.7 Å². The van der Waals surface area contributed by atoms with Gasteiger partial charge in [-0.2, -0.15) is 0 Å². The van der Waals surface area contributed by atoms with E-state index in [-0.39, 0.29) is 40.8 Å². The molecule has 0 aromatic heterocycles. The summed E-state index contributed by atoms with van der Waals surface area (Å²) in [4.78, 5) is 52.9. The SMILES string of the molecule is COc1cccc2c1C(=O)c1c(O)c3c(c(O)c1C2=O)C[C@@](O)(C(=O)CO)CC3OC1C[C@@H](C)[C@@H](O)[C@@H](NC(=O)OC(C)(C)C)C1. The fourth-order valence-corrected chi connectivity index (χ4v) is 6.81. The Morgan fingerprint density at radius 3 is 2.35 bits per heavy atom. The van der Waals surface area contributed by atoms with Crippen LogP contribution in [0.15, 0.2) is 18.2 Å². The maximum atomic E-state index is 13.8. The zero-order chi connectivity index (χ0) is 33.9. The molecule has 1 saturated carbocycles. The van der Waals surface area contributed by atoms with Crippen molar-refractivity contribution in [2.24, 2.45) is 5.92 Å². The number of hydrogen-bond donors (Lipinski definition) is 6. The maximum absolute atomic E-state index is 13.8. The second-order valence-corrected chi connectivity index (χ2v) is 13.3. The van der Waals surface area contributed by atoms with Gasteiger partial charge in [0.15, 0.2) is 11.6 Å². The van der Waals surface area contributed by atoms with Gasteiger partial charge in [-0.25, -0.2) is 4.79 Å². The zero-order valence-electron chi connectivity index (χ0n) is 26.2. The number of aliphatic hydroxyl groups is 3. The van der Waals surface area contributed by atoms with Crippen molar-refractivity contribution in [3.8, 4) is 17.2 Å². The molecule has 0 aliphatic heterocycles. The van der Waals surface area contributed by atoms with Crippen molar-refractivity contribution in [1.29, 1.82) is 0 Å². The predicted molar refractivity (Wildman–Crippen MR) is 160 cm³/mol. The topological polar surface area (TPSA) is 209 Å². The van der Waals surface area contributed by atoms with E-state index in [4.69, 9.17) is 14.2 Å². The Balaban J connectivity index is 1.58. The van der Waals surface area contributed by atoms with Crippen LogP contribution in [0.3, 0.4) is 0 Å². The molecule has 46 heavy (non-hydrogen) atoms. The van der Waals surface area contributed by atoms with Crippen LogP contribution >= 0.6 is 0 Å². The van der Waals surface area contributed by atoms with Gasteiger partial charge in [0.25, 0.3) is 0 Å². The number of fused-ring (bicyclic) bond motifs is 3. The van der Waals surface area contributed by atoms with Crippen molar-refractivity contribution in [2.75, 3.05) is 13.7 Å². The molecule has 0 radical (unpaired) electrons. The Morgan fingerprint density at radius 1 is 1.04 bits per heavy atom. The van der Waals surface area contributed by atoms with Gasteiger partial charge in [0, 0.05) is 29.5 Å². The van der Waals surface area contributed by atoms with Gasteiger partial charge >= 0.3 is 6.09 Å². The number of aromatic hydroxyl groups is 2. The number of alkyl carbamates (subject to hydrolysis) is 1. The molecular formula is C33H39NO12. The molecule has 5 rings (SSSR count). The Labute approximate surface area is 265 Å². The molecule has 0 bridgehead atoms. The van der Waals surface area contributed by atoms with Gasteiger partial charge in [0.2, 0.25) is 5.78 Å². The van der Waals surface area contributed by atoms with Crippen LogP contribution in [0.5, 0.6) is 17.2 Å². The summed E-state index contributed by atoms with van der Waals surface area (Å²) in [5, 5.41) is 57.9. The van der Waals surface area contributed by atoms with E-state index in [1.165, 1.54) is 25.3 Å². The van der Waals surface area contributed by atoms with Crippen LogP contribution in [0, 0.1) is 5.92 Å². The number of hydrogen-bond acceptors (Lipinski definition) is 12. The summed E-state index contributed by atoms with van der Waals surface area (Å²) in [6.07, 6.45) is -4.46. The number of ketones is 3. The number of Topliss-reactive ketones (excluding diaryl/α,β-unsaturated/α-hetero) is 1. The molecule has 0 saturated heterocycles. The Kier molecular flexibility index (Phi) is 8.66. The van der Waals surface area contributed by atoms with Crippen molar-refractivity contribution in [3.63, 3.8) is 0 Å². The monoisotopic (exact) mass is 641 g/mol. The van der Waals surface area contributed by atoms with E-state index >= 15 is 0 Å². The number of carbonyl (C=O) groups is 4. The fraction of sp³-hybridized carbons (Fsp3) is 0.515. The average molecular weight is 642 g/mol. The highest BCUT2D eigenvalue weighted by atomic mass is 16.6. The minimum atomic E-state index is -2.26. The number of amides is 1. The number of phenolic OH excluding ortho intramolecular Hbond substituents is 2. The summed E-state index contributed by atoms with van der Waals surface area (Å²) < 4.78 is 17.0. The summed E-state index contributed by atoms with van der Waals surface area (Å²) in [5.41, 5.74) is -4.44. The summed E-state index contributed by atoms with van der Waals surface area (Å²) in [7, 11) is 1.32. The fourth-order valence-electron chi connectivity index (χ4n) is 6.81. The van der Waals surface area contributed by atoms with Crippen molar-refractivity contribution in [1.82, 2.24) is 5.32 Å². The van der Waals surface area contributed by atoms with Gasteiger partial charge in [-0.05, 0) is 45.6 Å². The van der Waals surface area contributed by atoms with E-state index < -0.39 is 107 Å². The number of phenols is 2. The number of nitrogens with one attached hydrogen (secondary N) is 1. The molecule has 0 heterocycles. The lowest BCUT2D eigenvalue weighted by Crippen LogP contribution is -2.53. The Morgan fingerprint density at radius 2 is 1.72 bits per heavy atom. The highest BCUT2D eigenvalue weighted by Crippen LogP contribution is 2.52. The van der Waals surface area contributed by atoms with Crippen LogP contribution < -0.4 is 10.1 Å². The van der Waals surface area contributed by atoms with Crippen LogP contribution in [-0.2, 0) is 20.7 Å². The van der Waals surface area contributed by atoms with Gasteiger partial charge in [-0.3, -0.25) is 14.4 Å². The van der Waals surface area contributed by atoms with Gasteiger partial charge in [0.1, 0.15) is 35.1 Å². The van der Waals surface area contributed by atoms with Gasteiger partial charge in [0.05, 0.1) is 48.2 Å². The second-order valence-electron chi connectivity index (χ2n) is 13.3. The minimum absolute atomic E-state index is 0.0601. The first-order valence-electron chi connectivity index (χ1n) is 15.1. The summed E-state index contributed by atoms with van der Waals surface area (Å²) >= 11 is 0. The average Bonchev–Trinajstić information content (AvgIpc) is 2.98. The molecule has 2 aromatic carbocycles. The van der Waals surface area contributed by atoms with Crippen molar-refractivity contribution >= 4 is 23.4 Å². The third-order valence-electron chi connectivity index (χ3n) is 8.94. The van der Waals surface area contributed by atoms with Crippen molar-refractivity contribution in [2.45, 2.75) is 88.9 Å². The van der Waals surface area contributed by atoms with Crippen molar-refractivity contribution < 1.29 is 58.9 Å². The number of rotatable bonds is 6. The number of ether oxygens (including phenoxy) is 3. The lowest BCUT2D eigenvalue weighted by Gasteiger charge is -2.43. The highest BCUT2D eigenvalue weighted by Gasteiger charge is 2.50. The molecular weight excluding hydrogens is 602 g/mol. The second kappa shape index (κ2) is 12.0. The summed E-state index contributed by atoms with van der Waals surface area (Å²) in [6, 6.07) is 3.56. The first-order chi connectivity index (χ1) is 21.5. The minimum Gasteiger partial charge on any atom is -0.507 e. The molecule has 6 N–H and O–H groups in total. The molecule has 6 atom stereocenters. The smallest absolute Gasteiger partial charge is 0.407 e. The van der Waals surface area contributed by atoms with E-state index in [2.05, 4.69) is 5.32 Å². The molecule has 3 aliphatic rings. The van der Waals surface area contributed by atoms with Gasteiger partial charge < -0.3 is 45.1 Å². The molecule has 248 valence electrons. The summed E-state index contributed by atoms with van der Waals surface area (Å²) in [6.45, 7) is 5.80. The van der Waals surface area contributed by atoms with Gasteiger partial charge in [-0.15, -0.1) is 0 Å². The largest absolute Gasteiger partial charge is 0.507 e. The lowest BCUT2D eigenvalue weighted by atomic mass is 9.71. The summed E-state index contributed by atoms with van der Waals surface area (Å²) in [5.74, 6) is -4.19. The first kappa shape index (κ1) is 33.3. The number of benzene rings is 2. The third-order valence-corrected chi connectivity index (χ3v) is 8.94. The van der Waals surface area contributed by atoms with Crippen molar-refractivity contribution in [3.05, 3.63) is 51.6 Å². The quantitative estimate of drug-likeness (QED) is 0.214. The molecule has 13 heteroatoms. The van der Waals surface area contributed by atoms with Crippen LogP contribution in [0.4, 0.5) is 4.79 Å². The van der Waals surface area contributed by atoms with Crippen LogP contribution in [0.25, 0.3) is 0 Å². The maximum Gasteiger partial charge on any atom is 0.407 e. The van der Waals surface area contributed by atoms with E-state index in [9.17, 15) is 44.7 Å². The molecule has 2 unspecified atom stereocenters. The highest BCUT2D eigenvalue weighted by molar-refractivity contribution is 6.31. The van der Waals surface area contributed by atoms with E-state index in [1.807, 2.05) is 0 Å². The standard InChI is InChI=1S/C33H39NO12/c1-14-9-15(10-18(26(14)37)34-31(42)46-32(2,3)4)45-20-12-33(43,21(36)13-35)11-17-23(20)30(41)25-24(28(17)39)27(38)16-7-6-8-19(44-5)22(16)29(25)40/h6-8,14-15,18,20,26,35,37,39,41,43H,9-13H2,1-5H3,(H,34,42)/t14-,15?,18+,20?,26-,33+/m1/s1. The molecule has 13 nitrogen and oxygen atoms in total. The normalized spacial score (nSPS) is 27.3. The first-order valence-corrected chi connectivity index (χ1v) is 15.1. The predicted octanol–water partition coefficient (Wildman–Crippen LogP) is 2.23. The number of methoxy groups -OCH3 is 1. The van der Waals surface area contributed by atoms with E-state index in [0.717, 1.165) is 0 Å². The van der Waals surface area contributed by atoms with Crippen LogP contribution in [-0.4, -0.2) is 92.1 Å². The van der Waals surface area contributed by atoms with Crippen LogP contribution in [0.2, 0.25) is 0 Å². The zero-order valence-corrected chi connectivity index (χ0v) is 26.2. The molecule has 0 spiro atoms. The lowest BCUT2D eigenvalue weighted by molar-refractivity contribution is -0.151. The van der Waals surface area contributed by atoms with Crippen LogP contribution in [0.1, 0.15) is 96.0 Å². The van der Waals surface area contributed by atoms with Gasteiger partial charge in [-0.1, -0.05) is 19.1 Å². The molecule has 1 fully saturated rings. The Bertz CT molecular complexity index is 1610. The molecule has 1 amide bonds. The van der Waals surface area contributed by atoms with E-state index in [0.29, 0.717) is 0 Å². The Hall–Kier alpha value is -4.04. The molecule has 2 aromatic rings. The molecule has 3 aliphatic carbocycles. The number of aliphatic hydroxyl groups excluding tert-OH is 2.